The van der Waals surface area contributed by atoms with Gasteiger partial charge >= 0.3 is 5.97 Å². The number of carboxylic acid groups (broad SMARTS) is 1. The van der Waals surface area contributed by atoms with Gasteiger partial charge in [0.25, 0.3) is 5.69 Å². The number of halogens is 1. The van der Waals surface area contributed by atoms with Gasteiger partial charge in [-0.1, -0.05) is 12.1 Å². The summed E-state index contributed by atoms with van der Waals surface area (Å²) >= 11 is 3.18. The largest absolute Gasteiger partial charge is 0.481 e. The van der Waals surface area contributed by atoms with E-state index in [1.54, 1.807) is 12.1 Å². The first-order valence-corrected chi connectivity index (χ1v) is 7.11. The zero-order chi connectivity index (χ0) is 15.6. The zero-order valence-corrected chi connectivity index (χ0v) is 12.6. The summed E-state index contributed by atoms with van der Waals surface area (Å²) in [5.74, 6) is -1.64. The molecule has 1 saturated heterocycles. The number of carbonyl (C=O) groups is 2. The second-order valence-corrected chi connectivity index (χ2v) is 5.65. The van der Waals surface area contributed by atoms with Crippen LogP contribution in [0.25, 0.3) is 0 Å². The topological polar surface area (TPSA) is 101 Å². The fourth-order valence-electron chi connectivity index (χ4n) is 2.30. The number of aliphatic carboxylic acids is 1. The summed E-state index contributed by atoms with van der Waals surface area (Å²) in [7, 11) is 0. The average molecular weight is 357 g/mol. The summed E-state index contributed by atoms with van der Waals surface area (Å²) in [6, 6.07) is 4.59. The molecule has 1 aliphatic heterocycles. The van der Waals surface area contributed by atoms with Crippen LogP contribution in [0.1, 0.15) is 18.4 Å². The number of rotatable bonds is 4. The molecular formula is C13H13BrN2O5. The van der Waals surface area contributed by atoms with Crippen LogP contribution in [0.4, 0.5) is 5.69 Å². The van der Waals surface area contributed by atoms with Gasteiger partial charge in [-0.25, -0.2) is 0 Å². The number of carbonyl (C=O) groups excluding carboxylic acids is 1. The number of carboxylic acids is 1. The summed E-state index contributed by atoms with van der Waals surface area (Å²) in [5, 5.41) is 19.9. The highest BCUT2D eigenvalue weighted by molar-refractivity contribution is 9.10. The van der Waals surface area contributed by atoms with Crippen LogP contribution in [0.2, 0.25) is 0 Å². The molecule has 0 spiro atoms. The standard InChI is InChI=1S/C13H13BrN2O5/c14-12-8(2-1-3-10(12)16(20)21)6-15-7-9(13(18)19)4-5-11(15)17/h1-3,9H,4-7H2,(H,18,19). The lowest BCUT2D eigenvalue weighted by atomic mass is 9.97. The van der Waals surface area contributed by atoms with Crippen LogP contribution < -0.4 is 0 Å². The third-order valence-corrected chi connectivity index (χ3v) is 4.38. The van der Waals surface area contributed by atoms with Crippen molar-refractivity contribution in [3.63, 3.8) is 0 Å². The summed E-state index contributed by atoms with van der Waals surface area (Å²) < 4.78 is 0.320. The van der Waals surface area contributed by atoms with Crippen molar-refractivity contribution >= 4 is 33.5 Å². The molecule has 1 N–H and O–H groups in total. The zero-order valence-electron chi connectivity index (χ0n) is 11.0. The second kappa shape index (κ2) is 6.21. The van der Waals surface area contributed by atoms with Crippen LogP contribution in [-0.4, -0.2) is 33.4 Å². The first kappa shape index (κ1) is 15.4. The van der Waals surface area contributed by atoms with Gasteiger partial charge in [-0.2, -0.15) is 0 Å². The molecular weight excluding hydrogens is 344 g/mol. The third kappa shape index (κ3) is 3.38. The number of nitrogens with zero attached hydrogens (tertiary/aromatic N) is 2. The Kier molecular flexibility index (Phi) is 4.56. The number of hydrogen-bond donors (Lipinski definition) is 1. The first-order valence-electron chi connectivity index (χ1n) is 6.32. The van der Waals surface area contributed by atoms with Gasteiger partial charge in [0.15, 0.2) is 0 Å². The van der Waals surface area contributed by atoms with Crippen LogP contribution in [0.15, 0.2) is 22.7 Å². The first-order chi connectivity index (χ1) is 9.90. The summed E-state index contributed by atoms with van der Waals surface area (Å²) in [5.41, 5.74) is 0.510. The fourth-order valence-corrected chi connectivity index (χ4v) is 2.84. The van der Waals surface area contributed by atoms with Crippen molar-refractivity contribution in [1.82, 2.24) is 4.90 Å². The van der Waals surface area contributed by atoms with E-state index in [4.69, 9.17) is 5.11 Å². The van der Waals surface area contributed by atoms with Crippen LogP contribution in [0, 0.1) is 16.0 Å². The van der Waals surface area contributed by atoms with Crippen molar-refractivity contribution in [3.8, 4) is 0 Å². The Labute approximate surface area is 128 Å². The molecule has 8 heteroatoms. The lowest BCUT2D eigenvalue weighted by Crippen LogP contribution is -2.42. The highest BCUT2D eigenvalue weighted by Crippen LogP contribution is 2.30. The Morgan fingerprint density at radius 3 is 2.86 bits per heavy atom. The summed E-state index contributed by atoms with van der Waals surface area (Å²) in [4.78, 5) is 34.7. The summed E-state index contributed by atoms with van der Waals surface area (Å²) in [6.45, 7) is 0.286. The maximum Gasteiger partial charge on any atom is 0.308 e. The van der Waals surface area contributed by atoms with E-state index in [1.165, 1.54) is 11.0 Å². The molecule has 0 radical (unpaired) electrons. The molecule has 0 bridgehead atoms. The molecule has 1 unspecified atom stereocenters. The Balaban J connectivity index is 2.20. The van der Waals surface area contributed by atoms with Crippen molar-refractivity contribution in [2.24, 2.45) is 5.92 Å². The Morgan fingerprint density at radius 1 is 1.52 bits per heavy atom. The number of likely N-dealkylation sites (tertiary alicyclic amines) is 1. The molecule has 112 valence electrons. The van der Waals surface area contributed by atoms with Crippen LogP contribution >= 0.6 is 15.9 Å². The molecule has 1 atom stereocenters. The minimum absolute atomic E-state index is 0.0771. The maximum atomic E-state index is 11.9. The van der Waals surface area contributed by atoms with Crippen molar-refractivity contribution < 1.29 is 19.6 Å². The van der Waals surface area contributed by atoms with Gasteiger partial charge in [-0.15, -0.1) is 0 Å². The average Bonchev–Trinajstić information content (AvgIpc) is 2.42. The predicted octanol–water partition coefficient (Wildman–Crippen LogP) is 2.18. The minimum Gasteiger partial charge on any atom is -0.481 e. The van der Waals surface area contributed by atoms with Gasteiger partial charge in [0.05, 0.1) is 10.8 Å². The smallest absolute Gasteiger partial charge is 0.308 e. The van der Waals surface area contributed by atoms with E-state index in [9.17, 15) is 19.7 Å². The molecule has 1 aliphatic rings. The minimum atomic E-state index is -0.925. The third-order valence-electron chi connectivity index (χ3n) is 3.47. The number of piperidine rings is 1. The van der Waals surface area contributed by atoms with Crippen molar-refractivity contribution in [3.05, 3.63) is 38.3 Å². The highest BCUT2D eigenvalue weighted by atomic mass is 79.9. The van der Waals surface area contributed by atoms with E-state index in [2.05, 4.69) is 15.9 Å². The van der Waals surface area contributed by atoms with E-state index in [0.717, 1.165) is 0 Å². The SMILES string of the molecule is O=C(O)C1CCC(=O)N(Cc2cccc([N+](=O)[O-])c2Br)C1. The van der Waals surface area contributed by atoms with Crippen molar-refractivity contribution in [2.75, 3.05) is 6.54 Å². The number of nitro groups is 1. The van der Waals surface area contributed by atoms with Gasteiger partial charge in [-0.3, -0.25) is 19.7 Å². The summed E-state index contributed by atoms with van der Waals surface area (Å²) in [6.07, 6.45) is 0.518. The van der Waals surface area contributed by atoms with Crippen molar-refractivity contribution in [2.45, 2.75) is 19.4 Å². The molecule has 1 heterocycles. The molecule has 0 aromatic heterocycles. The van der Waals surface area contributed by atoms with Crippen LogP contribution in [0.5, 0.6) is 0 Å². The molecule has 2 rings (SSSR count). The fraction of sp³-hybridized carbons (Fsp3) is 0.385. The Morgan fingerprint density at radius 2 is 2.24 bits per heavy atom. The lowest BCUT2D eigenvalue weighted by Gasteiger charge is -2.30. The van der Waals surface area contributed by atoms with E-state index in [0.29, 0.717) is 16.5 Å². The van der Waals surface area contributed by atoms with Gasteiger partial charge in [0.1, 0.15) is 4.47 Å². The number of amides is 1. The molecule has 1 aromatic rings. The Bertz CT molecular complexity index is 604. The lowest BCUT2D eigenvalue weighted by molar-refractivity contribution is -0.385. The monoisotopic (exact) mass is 356 g/mol. The second-order valence-electron chi connectivity index (χ2n) is 4.86. The molecule has 0 saturated carbocycles. The van der Waals surface area contributed by atoms with Gasteiger partial charge in [0.2, 0.25) is 5.91 Å². The van der Waals surface area contributed by atoms with Crippen LogP contribution in [-0.2, 0) is 16.1 Å². The number of hydrogen-bond acceptors (Lipinski definition) is 4. The van der Waals surface area contributed by atoms with Crippen LogP contribution in [0.3, 0.4) is 0 Å². The highest BCUT2D eigenvalue weighted by Gasteiger charge is 2.30. The van der Waals surface area contributed by atoms with Gasteiger partial charge < -0.3 is 10.0 Å². The molecule has 1 amide bonds. The van der Waals surface area contributed by atoms with E-state index in [1.807, 2.05) is 0 Å². The van der Waals surface area contributed by atoms with Gasteiger partial charge in [-0.05, 0) is 27.9 Å². The molecule has 1 fully saturated rings. The van der Waals surface area contributed by atoms with E-state index in [-0.39, 0.29) is 31.1 Å². The van der Waals surface area contributed by atoms with Crippen molar-refractivity contribution in [1.29, 1.82) is 0 Å². The Hall–Kier alpha value is -1.96. The van der Waals surface area contributed by atoms with E-state index >= 15 is 0 Å². The predicted molar refractivity (Wildman–Crippen MR) is 76.6 cm³/mol. The molecule has 1 aromatic carbocycles. The molecule has 21 heavy (non-hydrogen) atoms. The molecule has 0 aliphatic carbocycles. The van der Waals surface area contributed by atoms with E-state index < -0.39 is 16.8 Å². The number of benzene rings is 1. The normalized spacial score (nSPS) is 18.6. The number of nitro benzene ring substituents is 1. The quantitative estimate of drug-likeness (QED) is 0.658. The van der Waals surface area contributed by atoms with Gasteiger partial charge in [0, 0.05) is 25.6 Å². The molecule has 7 nitrogen and oxygen atoms in total. The maximum absolute atomic E-state index is 11.9.